The molecule has 0 amide bonds. The van der Waals surface area contributed by atoms with Crippen molar-refractivity contribution in [3.63, 3.8) is 0 Å². The average Bonchev–Trinajstić information content (AvgIpc) is 3.50. The summed E-state index contributed by atoms with van der Waals surface area (Å²) in [6.07, 6.45) is 6.29. The minimum absolute atomic E-state index is 0.0812. The lowest BCUT2D eigenvalue weighted by Gasteiger charge is -2.64. The first-order valence-electron chi connectivity index (χ1n) is 16.6. The lowest BCUT2D eigenvalue weighted by Crippen LogP contribution is -2.63. The van der Waals surface area contributed by atoms with Crippen molar-refractivity contribution in [1.29, 1.82) is 0 Å². The van der Waals surface area contributed by atoms with Crippen LogP contribution in [-0.2, 0) is 42.8 Å². The van der Waals surface area contributed by atoms with Crippen molar-refractivity contribution < 1.29 is 47.9 Å². The molecule has 4 aliphatic carbocycles. The van der Waals surface area contributed by atoms with Gasteiger partial charge in [-0.15, -0.1) is 0 Å². The predicted octanol–water partition coefficient (Wildman–Crippen LogP) is 4.25. The third kappa shape index (κ3) is 5.12. The molecule has 2 aliphatic heterocycles. The van der Waals surface area contributed by atoms with Gasteiger partial charge >= 0.3 is 17.9 Å². The first-order chi connectivity index (χ1) is 20.8. The van der Waals surface area contributed by atoms with E-state index < -0.39 is 48.2 Å². The molecule has 10 nitrogen and oxygen atoms in total. The topological polar surface area (TPSA) is 127 Å². The van der Waals surface area contributed by atoms with E-state index >= 15 is 0 Å². The number of esters is 3. The van der Waals surface area contributed by atoms with Crippen LogP contribution in [0.15, 0.2) is 11.6 Å². The fraction of sp³-hybridized carbons (Fsp3) is 0.853. The Morgan fingerprint density at radius 3 is 2.32 bits per heavy atom. The van der Waals surface area contributed by atoms with Crippen LogP contribution in [0.1, 0.15) is 92.4 Å². The summed E-state index contributed by atoms with van der Waals surface area (Å²) in [6, 6.07) is 0. The lowest BCUT2D eigenvalue weighted by atomic mass is 9.43. The van der Waals surface area contributed by atoms with Gasteiger partial charge in [-0.05, 0) is 99.4 Å². The van der Waals surface area contributed by atoms with Gasteiger partial charge < -0.3 is 33.5 Å². The van der Waals surface area contributed by atoms with E-state index in [0.717, 1.165) is 63.4 Å². The molecule has 0 aromatic rings. The maximum absolute atomic E-state index is 12.5. The van der Waals surface area contributed by atoms with Gasteiger partial charge in [-0.1, -0.05) is 13.8 Å². The molecule has 0 radical (unpaired) electrons. The molecule has 2 heterocycles. The van der Waals surface area contributed by atoms with Crippen LogP contribution in [0.3, 0.4) is 0 Å². The summed E-state index contributed by atoms with van der Waals surface area (Å²) in [4.78, 5) is 35.7. The average molecular weight is 619 g/mol. The maximum atomic E-state index is 12.5. The van der Waals surface area contributed by atoms with Crippen LogP contribution in [0.5, 0.6) is 0 Å². The Kier molecular flexibility index (Phi) is 8.46. The molecule has 6 aliphatic rings. The van der Waals surface area contributed by atoms with Gasteiger partial charge in [-0.25, -0.2) is 4.79 Å². The number of cyclic esters (lactones) is 1. The van der Waals surface area contributed by atoms with Crippen molar-refractivity contribution >= 4 is 17.9 Å². The molecule has 246 valence electrons. The van der Waals surface area contributed by atoms with Gasteiger partial charge in [0.05, 0.1) is 17.8 Å². The van der Waals surface area contributed by atoms with Crippen molar-refractivity contribution in [2.24, 2.45) is 34.5 Å². The van der Waals surface area contributed by atoms with E-state index in [1.165, 1.54) is 21.0 Å². The number of fused-ring (bicyclic) bond motifs is 5. The second-order valence-electron chi connectivity index (χ2n) is 14.9. The third-order valence-electron chi connectivity index (χ3n) is 12.9. The Balaban J connectivity index is 1.16. The molecule has 4 saturated carbocycles. The third-order valence-corrected chi connectivity index (χ3v) is 12.9. The molecule has 1 saturated heterocycles. The van der Waals surface area contributed by atoms with Crippen LogP contribution in [0.2, 0.25) is 0 Å². The molecule has 6 rings (SSSR count). The molecule has 10 heteroatoms. The fourth-order valence-electron chi connectivity index (χ4n) is 10.7. The van der Waals surface area contributed by atoms with E-state index in [2.05, 4.69) is 13.8 Å². The molecule has 0 spiro atoms. The molecule has 0 unspecified atom stereocenters. The van der Waals surface area contributed by atoms with E-state index in [0.29, 0.717) is 18.4 Å². The summed E-state index contributed by atoms with van der Waals surface area (Å²) >= 11 is 0. The normalized spacial score (nSPS) is 48.3. The van der Waals surface area contributed by atoms with Crippen molar-refractivity contribution in [1.82, 2.24) is 0 Å². The number of rotatable bonds is 6. The second kappa shape index (κ2) is 11.7. The standard InChI is InChI=1S/C34H50O10/c1-18-28(42-19(2)35)29(39-6)30(43-20(3)36)31(41-18)44-23-9-12-32(4)22(16-23)7-8-26-25(32)10-13-33(5)24(11-14-34(26,33)38)21-15-27(37)40-17-21/h15,18,22-26,28-31,38H,7-14,16-17H2,1-6H3/t18-,22-,23+,24-,25+,26-,28+,29+,30+,31+,32+,33-,34-/m1/s1. The van der Waals surface area contributed by atoms with Crippen LogP contribution in [-0.4, -0.2) is 79.1 Å². The summed E-state index contributed by atoms with van der Waals surface area (Å²) in [6.45, 7) is 9.52. The van der Waals surface area contributed by atoms with E-state index in [-0.39, 0.29) is 34.7 Å². The number of aliphatic hydroxyl groups is 1. The first-order valence-corrected chi connectivity index (χ1v) is 16.6. The maximum Gasteiger partial charge on any atom is 0.331 e. The zero-order chi connectivity index (χ0) is 31.6. The first kappa shape index (κ1) is 32.0. The predicted molar refractivity (Wildman–Crippen MR) is 157 cm³/mol. The zero-order valence-corrected chi connectivity index (χ0v) is 27.0. The van der Waals surface area contributed by atoms with Crippen LogP contribution >= 0.6 is 0 Å². The monoisotopic (exact) mass is 618 g/mol. The van der Waals surface area contributed by atoms with Gasteiger partial charge in [0, 0.05) is 32.4 Å². The molecule has 0 aromatic heterocycles. The molecule has 44 heavy (non-hydrogen) atoms. The summed E-state index contributed by atoms with van der Waals surface area (Å²) in [5.74, 6) is 0.0897. The van der Waals surface area contributed by atoms with Crippen LogP contribution in [0, 0.1) is 34.5 Å². The van der Waals surface area contributed by atoms with E-state index in [9.17, 15) is 19.5 Å². The Hall–Kier alpha value is -2.01. The smallest absolute Gasteiger partial charge is 0.331 e. The van der Waals surface area contributed by atoms with Crippen molar-refractivity contribution in [2.75, 3.05) is 13.7 Å². The van der Waals surface area contributed by atoms with Crippen molar-refractivity contribution in [3.05, 3.63) is 11.6 Å². The Morgan fingerprint density at radius 2 is 1.66 bits per heavy atom. The second-order valence-corrected chi connectivity index (χ2v) is 14.9. The zero-order valence-electron chi connectivity index (χ0n) is 27.0. The van der Waals surface area contributed by atoms with Crippen LogP contribution in [0.4, 0.5) is 0 Å². The molecule has 5 fully saturated rings. The fourth-order valence-corrected chi connectivity index (χ4v) is 10.7. The van der Waals surface area contributed by atoms with Crippen LogP contribution in [0.25, 0.3) is 0 Å². The highest BCUT2D eigenvalue weighted by molar-refractivity contribution is 5.85. The molecular formula is C34H50O10. The van der Waals surface area contributed by atoms with Crippen molar-refractivity contribution in [3.8, 4) is 0 Å². The van der Waals surface area contributed by atoms with E-state index in [1.807, 2.05) is 6.92 Å². The van der Waals surface area contributed by atoms with Gasteiger partial charge in [-0.3, -0.25) is 9.59 Å². The highest BCUT2D eigenvalue weighted by Gasteiger charge is 2.68. The number of hydrogen-bond acceptors (Lipinski definition) is 10. The number of methoxy groups -OCH3 is 1. The van der Waals surface area contributed by atoms with Gasteiger partial charge in [0.1, 0.15) is 12.7 Å². The minimum atomic E-state index is -0.877. The van der Waals surface area contributed by atoms with Gasteiger partial charge in [0.2, 0.25) is 0 Å². The SMILES string of the molecule is CO[C@@H]1[C@H](OC(C)=O)[C@H](O[C@H]2CC[C@@]3(C)[C@H](CC[C@@H]4[C@@H]3CC[C@]3(C)[C@@H](C5=CC(=O)OC5)CC[C@@]43O)C2)O[C@H](C)[C@@H]1OC(C)=O. The molecule has 1 N–H and O–H groups in total. The minimum Gasteiger partial charge on any atom is -0.458 e. The van der Waals surface area contributed by atoms with E-state index in [1.54, 1.807) is 6.08 Å². The summed E-state index contributed by atoms with van der Waals surface area (Å²) in [5, 5.41) is 12.5. The molecule has 13 atom stereocenters. The highest BCUT2D eigenvalue weighted by atomic mass is 16.7. The quantitative estimate of drug-likeness (QED) is 0.262. The Morgan fingerprint density at radius 1 is 0.932 bits per heavy atom. The molecule has 0 bridgehead atoms. The summed E-state index contributed by atoms with van der Waals surface area (Å²) in [7, 11) is 1.50. The van der Waals surface area contributed by atoms with Crippen molar-refractivity contribution in [2.45, 2.75) is 135 Å². The van der Waals surface area contributed by atoms with Gasteiger partial charge in [-0.2, -0.15) is 0 Å². The van der Waals surface area contributed by atoms with Gasteiger partial charge in [0.25, 0.3) is 0 Å². The Labute approximate surface area is 260 Å². The van der Waals surface area contributed by atoms with Crippen LogP contribution < -0.4 is 0 Å². The van der Waals surface area contributed by atoms with E-state index in [4.69, 9.17) is 28.4 Å². The number of carbonyl (C=O) groups excluding carboxylic acids is 3. The Bertz CT molecular complexity index is 1180. The van der Waals surface area contributed by atoms with Gasteiger partial charge in [0.15, 0.2) is 18.5 Å². The number of ether oxygens (including phenoxy) is 6. The lowest BCUT2D eigenvalue weighted by molar-refractivity contribution is -0.317. The highest BCUT2D eigenvalue weighted by Crippen LogP contribution is 2.70. The summed E-state index contributed by atoms with van der Waals surface area (Å²) in [5.41, 5.74) is 0.159. The molecular weight excluding hydrogens is 568 g/mol. The number of hydrogen-bond donors (Lipinski definition) is 1. The largest absolute Gasteiger partial charge is 0.458 e. The summed E-state index contributed by atoms with van der Waals surface area (Å²) < 4.78 is 34.9. The molecule has 0 aromatic carbocycles. The number of carbonyl (C=O) groups is 3.